The van der Waals surface area contributed by atoms with Crippen LogP contribution < -0.4 is 10.0 Å². The van der Waals surface area contributed by atoms with Crippen molar-refractivity contribution in [3.05, 3.63) is 35.0 Å². The molecule has 1 unspecified atom stereocenters. The van der Waals surface area contributed by atoms with Crippen molar-refractivity contribution in [1.82, 2.24) is 20.2 Å². The summed E-state index contributed by atoms with van der Waals surface area (Å²) in [6.07, 6.45) is 3.29. The van der Waals surface area contributed by atoms with Gasteiger partial charge in [-0.15, -0.1) is 11.3 Å². The Morgan fingerprint density at radius 3 is 2.76 bits per heavy atom. The first kappa shape index (κ1) is 16.2. The van der Waals surface area contributed by atoms with E-state index in [1.54, 1.807) is 25.4 Å². The molecule has 2 aromatic heterocycles. The molecular weight excluding hydrogens is 308 g/mol. The van der Waals surface area contributed by atoms with Crippen LogP contribution in [0.25, 0.3) is 0 Å². The maximum Gasteiger partial charge on any atom is 0.250 e. The van der Waals surface area contributed by atoms with E-state index >= 15 is 0 Å². The molecule has 0 saturated heterocycles. The molecule has 6 nitrogen and oxygen atoms in total. The molecule has 0 aliphatic carbocycles. The second-order valence-corrected chi connectivity index (χ2v) is 8.04. The van der Waals surface area contributed by atoms with Crippen LogP contribution in [-0.4, -0.2) is 24.7 Å². The minimum atomic E-state index is -3.50. The van der Waals surface area contributed by atoms with Gasteiger partial charge in [-0.3, -0.25) is 5.10 Å². The zero-order valence-electron chi connectivity index (χ0n) is 12.3. The summed E-state index contributed by atoms with van der Waals surface area (Å²) in [7, 11) is -3.50. The van der Waals surface area contributed by atoms with Gasteiger partial charge < -0.3 is 5.32 Å². The van der Waals surface area contributed by atoms with Gasteiger partial charge in [-0.1, -0.05) is 13.8 Å². The van der Waals surface area contributed by atoms with Gasteiger partial charge in [0.2, 0.25) is 0 Å². The summed E-state index contributed by atoms with van der Waals surface area (Å²) in [5, 5.41) is 11.6. The molecule has 0 bridgehead atoms. The molecule has 0 aliphatic rings. The highest BCUT2D eigenvalue weighted by molar-refractivity contribution is 7.91. The molecule has 2 rings (SSSR count). The number of hydrogen-bond acceptors (Lipinski definition) is 5. The summed E-state index contributed by atoms with van der Waals surface area (Å²) in [4.78, 5) is 0. The summed E-state index contributed by atoms with van der Waals surface area (Å²) < 4.78 is 27.7. The van der Waals surface area contributed by atoms with E-state index in [2.05, 4.69) is 34.1 Å². The SMILES string of the molecule is CC(C)NCc1csc(S(=O)(=O)NC(C)c2cn[nH]c2)c1. The quantitative estimate of drug-likeness (QED) is 0.725. The zero-order chi connectivity index (χ0) is 15.5. The van der Waals surface area contributed by atoms with Gasteiger partial charge in [-0.25, -0.2) is 13.1 Å². The number of nitrogens with one attached hydrogen (secondary N) is 3. The van der Waals surface area contributed by atoms with E-state index in [1.807, 2.05) is 5.38 Å². The first-order chi connectivity index (χ1) is 9.88. The van der Waals surface area contributed by atoms with Crippen LogP contribution in [0.15, 0.2) is 28.0 Å². The molecule has 0 aliphatic heterocycles. The number of sulfonamides is 1. The van der Waals surface area contributed by atoms with Crippen LogP contribution in [0.3, 0.4) is 0 Å². The Labute approximate surface area is 129 Å². The van der Waals surface area contributed by atoms with Crippen molar-refractivity contribution in [2.45, 2.75) is 43.6 Å². The van der Waals surface area contributed by atoms with Gasteiger partial charge in [0.15, 0.2) is 0 Å². The lowest BCUT2D eigenvalue weighted by atomic mass is 10.2. The molecule has 116 valence electrons. The van der Waals surface area contributed by atoms with Gasteiger partial charge >= 0.3 is 0 Å². The van der Waals surface area contributed by atoms with Crippen LogP contribution in [0.2, 0.25) is 0 Å². The van der Waals surface area contributed by atoms with E-state index < -0.39 is 10.0 Å². The van der Waals surface area contributed by atoms with Crippen LogP contribution in [-0.2, 0) is 16.6 Å². The van der Waals surface area contributed by atoms with E-state index in [0.29, 0.717) is 16.8 Å². The van der Waals surface area contributed by atoms with Crippen molar-refractivity contribution in [1.29, 1.82) is 0 Å². The fourth-order valence-corrected chi connectivity index (χ4v) is 4.22. The summed E-state index contributed by atoms with van der Waals surface area (Å²) in [6, 6.07) is 1.75. The second kappa shape index (κ2) is 6.69. The third-order valence-electron chi connectivity index (χ3n) is 2.96. The Morgan fingerprint density at radius 1 is 1.38 bits per heavy atom. The monoisotopic (exact) mass is 328 g/mol. The van der Waals surface area contributed by atoms with Gasteiger partial charge in [0, 0.05) is 30.4 Å². The Morgan fingerprint density at radius 2 is 2.14 bits per heavy atom. The number of nitrogens with zero attached hydrogens (tertiary/aromatic N) is 1. The Hall–Kier alpha value is -1.22. The summed E-state index contributed by atoms with van der Waals surface area (Å²) in [5.41, 5.74) is 1.78. The highest BCUT2D eigenvalue weighted by Crippen LogP contribution is 2.22. The topological polar surface area (TPSA) is 86.9 Å². The van der Waals surface area contributed by atoms with E-state index in [9.17, 15) is 8.42 Å². The molecule has 0 saturated carbocycles. The molecule has 2 heterocycles. The van der Waals surface area contributed by atoms with Crippen molar-refractivity contribution >= 4 is 21.4 Å². The van der Waals surface area contributed by atoms with Gasteiger partial charge in [-0.2, -0.15) is 5.10 Å². The largest absolute Gasteiger partial charge is 0.310 e. The van der Waals surface area contributed by atoms with Crippen LogP contribution in [0.4, 0.5) is 0 Å². The molecule has 0 spiro atoms. The number of H-pyrrole nitrogens is 1. The minimum absolute atomic E-state index is 0.326. The van der Waals surface area contributed by atoms with Gasteiger partial charge in [-0.05, 0) is 23.9 Å². The molecule has 8 heteroatoms. The predicted octanol–water partition coefficient (Wildman–Crippen LogP) is 2.01. The first-order valence-electron chi connectivity index (χ1n) is 6.70. The lowest BCUT2D eigenvalue weighted by Gasteiger charge is -2.11. The maximum atomic E-state index is 12.3. The third kappa shape index (κ3) is 4.37. The zero-order valence-corrected chi connectivity index (χ0v) is 13.9. The van der Waals surface area contributed by atoms with E-state index in [0.717, 1.165) is 11.1 Å². The molecule has 0 aromatic carbocycles. The molecule has 0 radical (unpaired) electrons. The van der Waals surface area contributed by atoms with Crippen molar-refractivity contribution in [3.63, 3.8) is 0 Å². The predicted molar refractivity (Wildman–Crippen MR) is 83.6 cm³/mol. The average molecular weight is 328 g/mol. The number of thiophene rings is 1. The fraction of sp³-hybridized carbons (Fsp3) is 0.462. The van der Waals surface area contributed by atoms with Gasteiger partial charge in [0.05, 0.1) is 6.20 Å². The second-order valence-electron chi connectivity index (χ2n) is 5.18. The van der Waals surface area contributed by atoms with E-state index in [4.69, 9.17) is 0 Å². The highest BCUT2D eigenvalue weighted by Gasteiger charge is 2.20. The first-order valence-corrected chi connectivity index (χ1v) is 9.06. The van der Waals surface area contributed by atoms with Crippen LogP contribution in [0.1, 0.15) is 37.9 Å². The van der Waals surface area contributed by atoms with Crippen LogP contribution >= 0.6 is 11.3 Å². The van der Waals surface area contributed by atoms with Gasteiger partial charge in [0.1, 0.15) is 4.21 Å². The summed E-state index contributed by atoms with van der Waals surface area (Å²) in [5.74, 6) is 0. The van der Waals surface area contributed by atoms with Crippen LogP contribution in [0, 0.1) is 0 Å². The van der Waals surface area contributed by atoms with Crippen molar-refractivity contribution in [2.75, 3.05) is 0 Å². The van der Waals surface area contributed by atoms with Gasteiger partial charge in [0.25, 0.3) is 10.0 Å². The molecular formula is C13H20N4O2S2. The number of aromatic nitrogens is 2. The Balaban J connectivity index is 2.05. The maximum absolute atomic E-state index is 12.3. The van der Waals surface area contributed by atoms with E-state index in [-0.39, 0.29) is 6.04 Å². The van der Waals surface area contributed by atoms with E-state index in [1.165, 1.54) is 11.3 Å². The fourth-order valence-electron chi connectivity index (χ4n) is 1.77. The molecule has 2 aromatic rings. The lowest BCUT2D eigenvalue weighted by molar-refractivity contribution is 0.568. The minimum Gasteiger partial charge on any atom is -0.310 e. The Bertz CT molecular complexity index is 662. The normalized spacial score (nSPS) is 13.7. The molecule has 3 N–H and O–H groups in total. The highest BCUT2D eigenvalue weighted by atomic mass is 32.2. The Kier molecular flexibility index (Phi) is 5.15. The smallest absolute Gasteiger partial charge is 0.250 e. The number of rotatable bonds is 7. The molecule has 21 heavy (non-hydrogen) atoms. The average Bonchev–Trinajstić information content (AvgIpc) is 3.07. The standard InChI is InChI=1S/C13H20N4O2S2/c1-9(2)14-5-11-4-13(20-8-11)21(18,19)17-10(3)12-6-15-16-7-12/h4,6-10,14,17H,5H2,1-3H3,(H,15,16). The molecule has 1 atom stereocenters. The van der Waals surface area contributed by atoms with Crippen molar-refractivity contribution < 1.29 is 8.42 Å². The van der Waals surface area contributed by atoms with Crippen LogP contribution in [0.5, 0.6) is 0 Å². The van der Waals surface area contributed by atoms with Crippen molar-refractivity contribution in [3.8, 4) is 0 Å². The number of aromatic amines is 1. The molecule has 0 fully saturated rings. The lowest BCUT2D eigenvalue weighted by Crippen LogP contribution is -2.26. The third-order valence-corrected chi connectivity index (χ3v) is 5.99. The van der Waals surface area contributed by atoms with Crippen molar-refractivity contribution in [2.24, 2.45) is 0 Å². The summed E-state index contributed by atoms with van der Waals surface area (Å²) >= 11 is 1.23. The number of hydrogen-bond donors (Lipinski definition) is 3. The summed E-state index contributed by atoms with van der Waals surface area (Å²) in [6.45, 7) is 6.56. The molecule has 0 amide bonds.